The fourth-order valence-corrected chi connectivity index (χ4v) is 2.51. The summed E-state index contributed by atoms with van der Waals surface area (Å²) in [6.45, 7) is 2.54. The van der Waals surface area contributed by atoms with E-state index < -0.39 is 0 Å². The zero-order valence-corrected chi connectivity index (χ0v) is 13.9. The molecule has 0 aliphatic carbocycles. The number of hydrogen-bond acceptors (Lipinski definition) is 4. The average Bonchev–Trinajstić information content (AvgIpc) is 2.66. The Balaban J connectivity index is 1.72. The van der Waals surface area contributed by atoms with E-state index in [0.717, 1.165) is 11.1 Å². The number of benzene rings is 2. The van der Waals surface area contributed by atoms with Gasteiger partial charge in [-0.2, -0.15) is 5.26 Å². The number of nitriles is 1. The summed E-state index contributed by atoms with van der Waals surface area (Å²) in [5, 5.41) is 12.0. The first-order valence-corrected chi connectivity index (χ1v) is 7.96. The predicted octanol–water partition coefficient (Wildman–Crippen LogP) is 4.10. The molecular formula is C21H17N3O. The Morgan fingerprint density at radius 3 is 2.56 bits per heavy atom. The number of nitrogens with zero attached hydrogens (tertiary/aromatic N) is 2. The molecule has 25 heavy (non-hydrogen) atoms. The Bertz CT molecular complexity index is 940. The largest absolute Gasteiger partial charge is 0.366 e. The van der Waals surface area contributed by atoms with Crippen LogP contribution >= 0.6 is 0 Å². The Hall–Kier alpha value is -3.45. The van der Waals surface area contributed by atoms with Crippen molar-refractivity contribution in [2.75, 3.05) is 5.32 Å². The second-order valence-electron chi connectivity index (χ2n) is 5.79. The van der Waals surface area contributed by atoms with Gasteiger partial charge >= 0.3 is 0 Å². The van der Waals surface area contributed by atoms with Crippen LogP contribution in [0.25, 0.3) is 0 Å². The minimum Gasteiger partial charge on any atom is -0.366 e. The molecule has 1 heterocycles. The summed E-state index contributed by atoms with van der Waals surface area (Å²) in [5.41, 5.74) is 4.00. The highest BCUT2D eigenvalue weighted by Gasteiger charge is 2.10. The van der Waals surface area contributed by atoms with Gasteiger partial charge in [-0.25, -0.2) is 4.98 Å². The summed E-state index contributed by atoms with van der Waals surface area (Å²) in [6.07, 6.45) is 1.63. The van der Waals surface area contributed by atoms with Crippen LogP contribution < -0.4 is 5.32 Å². The summed E-state index contributed by atoms with van der Waals surface area (Å²) >= 11 is 0. The third kappa shape index (κ3) is 4.10. The number of rotatable bonds is 5. The Morgan fingerprint density at radius 1 is 1.08 bits per heavy atom. The van der Waals surface area contributed by atoms with Crippen LogP contribution in [0.2, 0.25) is 0 Å². The first-order chi connectivity index (χ1) is 12.2. The molecule has 2 aromatic carbocycles. The molecule has 3 aromatic rings. The number of anilines is 1. The second kappa shape index (κ2) is 7.41. The molecule has 0 aliphatic rings. The number of carbonyl (C=O) groups is 1. The number of aryl methyl sites for hydroxylation is 1. The highest BCUT2D eigenvalue weighted by molar-refractivity contribution is 6.09. The predicted molar refractivity (Wildman–Crippen MR) is 97.3 cm³/mol. The van der Waals surface area contributed by atoms with E-state index in [-0.39, 0.29) is 5.78 Å². The molecule has 0 aliphatic heterocycles. The lowest BCUT2D eigenvalue weighted by Crippen LogP contribution is -2.05. The van der Waals surface area contributed by atoms with E-state index >= 15 is 0 Å². The van der Waals surface area contributed by atoms with Gasteiger partial charge in [-0.3, -0.25) is 4.79 Å². The van der Waals surface area contributed by atoms with Crippen molar-refractivity contribution >= 4 is 11.6 Å². The second-order valence-corrected chi connectivity index (χ2v) is 5.79. The van der Waals surface area contributed by atoms with Crippen LogP contribution in [0.1, 0.15) is 32.6 Å². The van der Waals surface area contributed by atoms with E-state index in [2.05, 4.69) is 16.4 Å². The average molecular weight is 327 g/mol. The lowest BCUT2D eigenvalue weighted by atomic mass is 10.0. The van der Waals surface area contributed by atoms with Gasteiger partial charge < -0.3 is 5.32 Å². The Morgan fingerprint density at radius 2 is 1.84 bits per heavy atom. The summed E-state index contributed by atoms with van der Waals surface area (Å²) in [7, 11) is 0. The Labute approximate surface area is 146 Å². The van der Waals surface area contributed by atoms with E-state index in [1.807, 2.05) is 43.3 Å². The lowest BCUT2D eigenvalue weighted by Gasteiger charge is -2.08. The molecule has 122 valence electrons. The monoisotopic (exact) mass is 327 g/mol. The highest BCUT2D eigenvalue weighted by Crippen LogP contribution is 2.15. The molecule has 0 saturated carbocycles. The zero-order valence-electron chi connectivity index (χ0n) is 13.9. The molecule has 1 N–H and O–H groups in total. The quantitative estimate of drug-likeness (QED) is 0.716. The van der Waals surface area contributed by atoms with Gasteiger partial charge in [0.1, 0.15) is 5.82 Å². The van der Waals surface area contributed by atoms with E-state index in [1.165, 1.54) is 0 Å². The third-order valence-electron chi connectivity index (χ3n) is 3.86. The van der Waals surface area contributed by atoms with Crippen molar-refractivity contribution in [3.63, 3.8) is 0 Å². The van der Waals surface area contributed by atoms with Gasteiger partial charge in [-0.1, -0.05) is 35.9 Å². The molecule has 1 aromatic heterocycles. The first kappa shape index (κ1) is 16.4. The van der Waals surface area contributed by atoms with Crippen LogP contribution in [-0.4, -0.2) is 10.8 Å². The number of pyridine rings is 1. The van der Waals surface area contributed by atoms with Crippen molar-refractivity contribution in [2.45, 2.75) is 13.5 Å². The van der Waals surface area contributed by atoms with Crippen LogP contribution in [0, 0.1) is 18.3 Å². The highest BCUT2D eigenvalue weighted by atomic mass is 16.1. The van der Waals surface area contributed by atoms with Crippen molar-refractivity contribution in [3.8, 4) is 6.07 Å². The first-order valence-electron chi connectivity index (χ1n) is 7.96. The summed E-state index contributed by atoms with van der Waals surface area (Å²) < 4.78 is 0. The van der Waals surface area contributed by atoms with Crippen molar-refractivity contribution in [2.24, 2.45) is 0 Å². The maximum atomic E-state index is 12.6. The van der Waals surface area contributed by atoms with Gasteiger partial charge in [0.25, 0.3) is 0 Å². The van der Waals surface area contributed by atoms with Crippen LogP contribution in [0.5, 0.6) is 0 Å². The molecular weight excluding hydrogens is 310 g/mol. The van der Waals surface area contributed by atoms with E-state index in [4.69, 9.17) is 5.26 Å². The van der Waals surface area contributed by atoms with Gasteiger partial charge in [0.2, 0.25) is 0 Å². The maximum absolute atomic E-state index is 12.6. The molecule has 0 fully saturated rings. The van der Waals surface area contributed by atoms with E-state index in [1.54, 1.807) is 30.5 Å². The van der Waals surface area contributed by atoms with Crippen molar-refractivity contribution in [1.29, 1.82) is 5.26 Å². The van der Waals surface area contributed by atoms with Crippen LogP contribution in [0.4, 0.5) is 5.82 Å². The van der Waals surface area contributed by atoms with E-state index in [0.29, 0.717) is 29.1 Å². The fourth-order valence-electron chi connectivity index (χ4n) is 2.51. The summed E-state index contributed by atoms with van der Waals surface area (Å²) in [4.78, 5) is 16.9. The molecule has 0 saturated heterocycles. The number of nitrogens with one attached hydrogen (secondary N) is 1. The van der Waals surface area contributed by atoms with Crippen LogP contribution in [0.3, 0.4) is 0 Å². The van der Waals surface area contributed by atoms with Gasteiger partial charge in [-0.05, 0) is 42.8 Å². The molecule has 0 radical (unpaired) electrons. The molecule has 4 nitrogen and oxygen atoms in total. The molecule has 0 bridgehead atoms. The van der Waals surface area contributed by atoms with Gasteiger partial charge in [0.15, 0.2) is 5.78 Å². The van der Waals surface area contributed by atoms with Crippen molar-refractivity contribution in [1.82, 2.24) is 4.98 Å². The van der Waals surface area contributed by atoms with Crippen LogP contribution in [-0.2, 0) is 6.54 Å². The van der Waals surface area contributed by atoms with E-state index in [9.17, 15) is 4.79 Å². The lowest BCUT2D eigenvalue weighted by molar-refractivity contribution is 0.103. The van der Waals surface area contributed by atoms with Gasteiger partial charge in [0.05, 0.1) is 11.6 Å². The summed E-state index contributed by atoms with van der Waals surface area (Å²) in [5.74, 6) is 0.621. The normalized spacial score (nSPS) is 10.1. The molecule has 0 spiro atoms. The number of ketones is 1. The minimum absolute atomic E-state index is 0.0208. The topological polar surface area (TPSA) is 65.8 Å². The molecule has 0 unspecified atom stereocenters. The molecule has 0 amide bonds. The third-order valence-corrected chi connectivity index (χ3v) is 3.86. The molecule has 4 heteroatoms. The maximum Gasteiger partial charge on any atom is 0.193 e. The van der Waals surface area contributed by atoms with Crippen LogP contribution in [0.15, 0.2) is 66.9 Å². The smallest absolute Gasteiger partial charge is 0.193 e. The summed E-state index contributed by atoms with van der Waals surface area (Å²) in [6, 6.07) is 20.5. The minimum atomic E-state index is -0.0208. The fraction of sp³-hybridized carbons (Fsp3) is 0.0952. The Kier molecular flexibility index (Phi) is 4.87. The zero-order chi connectivity index (χ0) is 17.6. The standard InChI is InChI=1S/C21H17N3O/c1-15-3-2-4-18(11-15)21(25)19-9-10-23-20(12-19)24-14-17-7-5-16(13-22)6-8-17/h2-12H,14H2,1H3,(H,23,24). The van der Waals surface area contributed by atoms with Gasteiger partial charge in [-0.15, -0.1) is 0 Å². The number of carbonyl (C=O) groups excluding carboxylic acids is 1. The van der Waals surface area contributed by atoms with Crippen molar-refractivity contribution < 1.29 is 4.79 Å². The van der Waals surface area contributed by atoms with Crippen molar-refractivity contribution in [3.05, 3.63) is 94.7 Å². The molecule has 3 rings (SSSR count). The van der Waals surface area contributed by atoms with Gasteiger partial charge in [0, 0.05) is 23.9 Å². The SMILES string of the molecule is Cc1cccc(C(=O)c2ccnc(NCc3ccc(C#N)cc3)c2)c1. The number of aromatic nitrogens is 1. The number of hydrogen-bond donors (Lipinski definition) is 1. The molecule has 0 atom stereocenters.